The van der Waals surface area contributed by atoms with Gasteiger partial charge in [-0.2, -0.15) is 0 Å². The number of methoxy groups -OCH3 is 1. The number of fused-ring (bicyclic) bond motifs is 1. The number of amides is 1. The van der Waals surface area contributed by atoms with E-state index in [2.05, 4.69) is 17.1 Å². The van der Waals surface area contributed by atoms with E-state index in [1.807, 2.05) is 42.5 Å². The maximum absolute atomic E-state index is 13.7. The summed E-state index contributed by atoms with van der Waals surface area (Å²) in [5.74, 6) is 0.644. The van der Waals surface area contributed by atoms with Crippen molar-refractivity contribution in [2.24, 2.45) is 5.92 Å². The van der Waals surface area contributed by atoms with Crippen molar-refractivity contribution in [1.29, 1.82) is 0 Å². The number of hydrogen-bond donors (Lipinski definition) is 2. The second-order valence-corrected chi connectivity index (χ2v) is 10.5. The standard InChI is InChI=1S/C30H37N3O5/c1-20-3-8-23(9-4-20)31-29(35)27-28(34)25-19-22(21-5-10-24(37-2)11-6-21)7-12-26(25)33(30(27)36)14-13-32-15-17-38-18-16-32/h5-7,10-12,19-20,23,34H,3-4,8-9,13-18H2,1-2H3,(H,31,35). The second-order valence-electron chi connectivity index (χ2n) is 10.5. The molecule has 0 unspecified atom stereocenters. The Balaban J connectivity index is 1.54. The number of nitrogens with one attached hydrogen (secondary N) is 1. The lowest BCUT2D eigenvalue weighted by molar-refractivity contribution is 0.0364. The third-order valence-corrected chi connectivity index (χ3v) is 7.98. The number of benzene rings is 2. The summed E-state index contributed by atoms with van der Waals surface area (Å²) in [4.78, 5) is 29.4. The van der Waals surface area contributed by atoms with E-state index in [9.17, 15) is 14.7 Å². The molecule has 2 heterocycles. The first-order valence-corrected chi connectivity index (χ1v) is 13.6. The van der Waals surface area contributed by atoms with Gasteiger partial charge in [0.2, 0.25) is 0 Å². The van der Waals surface area contributed by atoms with Crippen molar-refractivity contribution < 1.29 is 19.4 Å². The number of aromatic nitrogens is 1. The first-order chi connectivity index (χ1) is 18.4. The lowest BCUT2D eigenvalue weighted by atomic mass is 9.87. The Morgan fingerprint density at radius 2 is 1.71 bits per heavy atom. The maximum atomic E-state index is 13.7. The van der Waals surface area contributed by atoms with Crippen LogP contribution in [0.4, 0.5) is 0 Å². The Morgan fingerprint density at radius 1 is 1.03 bits per heavy atom. The first-order valence-electron chi connectivity index (χ1n) is 13.6. The molecule has 2 aromatic carbocycles. The first kappa shape index (κ1) is 26.3. The summed E-state index contributed by atoms with van der Waals surface area (Å²) in [5.41, 5.74) is 1.80. The molecule has 1 aliphatic carbocycles. The van der Waals surface area contributed by atoms with Gasteiger partial charge in [0.05, 0.1) is 25.8 Å². The van der Waals surface area contributed by atoms with Gasteiger partial charge in [0, 0.05) is 37.6 Å². The van der Waals surface area contributed by atoms with Crippen LogP contribution >= 0.6 is 0 Å². The van der Waals surface area contributed by atoms with Gasteiger partial charge in [-0.05, 0) is 67.0 Å². The normalized spacial score (nSPS) is 20.4. The molecule has 8 nitrogen and oxygen atoms in total. The van der Waals surface area contributed by atoms with Crippen LogP contribution in [0.5, 0.6) is 11.5 Å². The lowest BCUT2D eigenvalue weighted by Crippen LogP contribution is -2.42. The molecule has 0 atom stereocenters. The van der Waals surface area contributed by atoms with E-state index in [0.717, 1.165) is 55.6 Å². The van der Waals surface area contributed by atoms with Gasteiger partial charge in [-0.25, -0.2) is 0 Å². The fourth-order valence-electron chi connectivity index (χ4n) is 5.56. The molecule has 5 rings (SSSR count). The number of aromatic hydroxyl groups is 1. The topological polar surface area (TPSA) is 93.0 Å². The van der Waals surface area contributed by atoms with Gasteiger partial charge in [0.25, 0.3) is 11.5 Å². The van der Waals surface area contributed by atoms with Gasteiger partial charge in [-0.3, -0.25) is 14.5 Å². The van der Waals surface area contributed by atoms with Crippen LogP contribution in [0.15, 0.2) is 47.3 Å². The fourth-order valence-corrected chi connectivity index (χ4v) is 5.56. The van der Waals surface area contributed by atoms with E-state index in [0.29, 0.717) is 43.1 Å². The average Bonchev–Trinajstić information content (AvgIpc) is 2.95. The maximum Gasteiger partial charge on any atom is 0.267 e. The highest BCUT2D eigenvalue weighted by Crippen LogP contribution is 2.32. The minimum Gasteiger partial charge on any atom is -0.506 e. The predicted octanol–water partition coefficient (Wildman–Crippen LogP) is 4.02. The van der Waals surface area contributed by atoms with Crippen LogP contribution in [0, 0.1) is 5.92 Å². The molecule has 1 saturated carbocycles. The SMILES string of the molecule is COc1ccc(-c2ccc3c(c2)c(O)c(C(=O)NC2CCC(C)CC2)c(=O)n3CCN2CCOCC2)cc1. The van der Waals surface area contributed by atoms with Crippen LogP contribution in [0.3, 0.4) is 0 Å². The molecule has 3 aromatic rings. The Bertz CT molecular complexity index is 1340. The largest absolute Gasteiger partial charge is 0.506 e. The molecule has 2 aliphatic rings. The van der Waals surface area contributed by atoms with E-state index < -0.39 is 11.5 Å². The van der Waals surface area contributed by atoms with E-state index >= 15 is 0 Å². The van der Waals surface area contributed by atoms with Crippen molar-refractivity contribution in [3.63, 3.8) is 0 Å². The number of hydrogen-bond acceptors (Lipinski definition) is 6. The molecule has 1 amide bonds. The summed E-state index contributed by atoms with van der Waals surface area (Å²) in [6.45, 7) is 6.25. The molecule has 8 heteroatoms. The molecule has 0 radical (unpaired) electrons. The van der Waals surface area contributed by atoms with Crippen LogP contribution < -0.4 is 15.6 Å². The smallest absolute Gasteiger partial charge is 0.267 e. The van der Waals surface area contributed by atoms with Crippen molar-refractivity contribution in [2.75, 3.05) is 40.0 Å². The molecular formula is C30H37N3O5. The summed E-state index contributed by atoms with van der Waals surface area (Å²) >= 11 is 0. The van der Waals surface area contributed by atoms with Crippen LogP contribution in [-0.4, -0.2) is 66.5 Å². The van der Waals surface area contributed by atoms with Crippen molar-refractivity contribution in [3.05, 3.63) is 58.4 Å². The highest BCUT2D eigenvalue weighted by molar-refractivity contribution is 6.03. The van der Waals surface area contributed by atoms with E-state index in [1.165, 1.54) is 0 Å². The summed E-state index contributed by atoms with van der Waals surface area (Å²) in [7, 11) is 1.62. The Kier molecular flexibility index (Phi) is 8.00. The lowest BCUT2D eigenvalue weighted by Gasteiger charge is -2.28. The number of morpholine rings is 1. The predicted molar refractivity (Wildman–Crippen MR) is 148 cm³/mol. The molecule has 202 valence electrons. The molecule has 1 saturated heterocycles. The highest BCUT2D eigenvalue weighted by atomic mass is 16.5. The number of pyridine rings is 1. The van der Waals surface area contributed by atoms with Gasteiger partial charge in [0.15, 0.2) is 0 Å². The number of rotatable bonds is 7. The van der Waals surface area contributed by atoms with Crippen LogP contribution in [-0.2, 0) is 11.3 Å². The number of ether oxygens (including phenoxy) is 2. The summed E-state index contributed by atoms with van der Waals surface area (Å²) in [6, 6.07) is 13.3. The average molecular weight is 520 g/mol. The molecule has 2 N–H and O–H groups in total. The van der Waals surface area contributed by atoms with Crippen LogP contribution in [0.25, 0.3) is 22.0 Å². The second kappa shape index (κ2) is 11.6. The monoisotopic (exact) mass is 519 g/mol. The Morgan fingerprint density at radius 3 is 2.39 bits per heavy atom. The van der Waals surface area contributed by atoms with Crippen molar-refractivity contribution in [1.82, 2.24) is 14.8 Å². The Hall–Kier alpha value is -3.36. The van der Waals surface area contributed by atoms with Crippen molar-refractivity contribution in [3.8, 4) is 22.6 Å². The number of carbonyl (C=O) groups excluding carboxylic acids is 1. The van der Waals surface area contributed by atoms with Gasteiger partial charge in [0.1, 0.15) is 17.1 Å². The molecule has 2 fully saturated rings. The fraction of sp³-hybridized carbons (Fsp3) is 0.467. The molecule has 1 aliphatic heterocycles. The number of nitrogens with zero attached hydrogens (tertiary/aromatic N) is 2. The van der Waals surface area contributed by atoms with E-state index in [1.54, 1.807) is 11.7 Å². The quantitative estimate of drug-likeness (QED) is 0.490. The Labute approximate surface area is 223 Å². The number of carbonyl (C=O) groups is 1. The highest BCUT2D eigenvalue weighted by Gasteiger charge is 2.26. The zero-order valence-electron chi connectivity index (χ0n) is 22.2. The summed E-state index contributed by atoms with van der Waals surface area (Å²) < 4.78 is 12.4. The van der Waals surface area contributed by atoms with Crippen LogP contribution in [0.2, 0.25) is 0 Å². The third-order valence-electron chi connectivity index (χ3n) is 7.98. The molecule has 38 heavy (non-hydrogen) atoms. The zero-order chi connectivity index (χ0) is 26.6. The van der Waals surface area contributed by atoms with Crippen molar-refractivity contribution in [2.45, 2.75) is 45.2 Å². The zero-order valence-corrected chi connectivity index (χ0v) is 22.2. The van der Waals surface area contributed by atoms with Gasteiger partial charge >= 0.3 is 0 Å². The van der Waals surface area contributed by atoms with Gasteiger partial charge in [-0.1, -0.05) is 25.1 Å². The minimum absolute atomic E-state index is 0.0145. The van der Waals surface area contributed by atoms with Gasteiger partial charge in [-0.15, -0.1) is 0 Å². The van der Waals surface area contributed by atoms with E-state index in [-0.39, 0.29) is 17.4 Å². The molecular weight excluding hydrogens is 482 g/mol. The van der Waals surface area contributed by atoms with Crippen molar-refractivity contribution >= 4 is 16.8 Å². The van der Waals surface area contributed by atoms with Crippen LogP contribution in [0.1, 0.15) is 43.0 Å². The minimum atomic E-state index is -0.496. The summed E-state index contributed by atoms with van der Waals surface area (Å²) in [6.07, 6.45) is 3.86. The molecule has 0 spiro atoms. The summed E-state index contributed by atoms with van der Waals surface area (Å²) in [5, 5.41) is 14.9. The van der Waals surface area contributed by atoms with E-state index in [4.69, 9.17) is 9.47 Å². The van der Waals surface area contributed by atoms with Gasteiger partial charge < -0.3 is 24.5 Å². The third kappa shape index (κ3) is 5.56. The molecule has 1 aromatic heterocycles. The molecule has 0 bridgehead atoms.